The number of hydrogen-bond donors (Lipinski definition) is 2. The van der Waals surface area contributed by atoms with Gasteiger partial charge in [-0.1, -0.05) is 6.42 Å². The van der Waals surface area contributed by atoms with Crippen molar-refractivity contribution in [3.05, 3.63) is 24.3 Å². The van der Waals surface area contributed by atoms with E-state index >= 15 is 0 Å². The van der Waals surface area contributed by atoms with Crippen LogP contribution in [0.15, 0.2) is 29.2 Å². The van der Waals surface area contributed by atoms with Crippen molar-refractivity contribution in [2.24, 2.45) is 5.92 Å². The van der Waals surface area contributed by atoms with E-state index in [1.807, 2.05) is 12.1 Å². The van der Waals surface area contributed by atoms with Gasteiger partial charge in [-0.3, -0.25) is 0 Å². The maximum atomic E-state index is 12.0. The molecule has 1 unspecified atom stereocenters. The Morgan fingerprint density at radius 2 is 1.75 bits per heavy atom. The summed E-state index contributed by atoms with van der Waals surface area (Å²) in [4.78, 5) is 0.353. The molecule has 5 heteroatoms. The first-order valence-electron chi connectivity index (χ1n) is 7.43. The van der Waals surface area contributed by atoms with Crippen LogP contribution < -0.4 is 10.0 Å². The Bertz CT molecular complexity index is 560. The Hall–Kier alpha value is -1.07. The van der Waals surface area contributed by atoms with Gasteiger partial charge in [-0.05, 0) is 62.8 Å². The third-order valence-electron chi connectivity index (χ3n) is 4.32. The van der Waals surface area contributed by atoms with Crippen molar-refractivity contribution in [3.8, 4) is 0 Å². The molecule has 110 valence electrons. The summed E-state index contributed by atoms with van der Waals surface area (Å²) in [6.07, 6.45) is 5.84. The molecular weight excluding hydrogens is 272 g/mol. The molecule has 0 amide bonds. The number of benzene rings is 1. The molecule has 0 heterocycles. The molecule has 4 nitrogen and oxygen atoms in total. The second kappa shape index (κ2) is 5.37. The third kappa shape index (κ3) is 3.15. The van der Waals surface area contributed by atoms with Crippen LogP contribution in [-0.2, 0) is 10.0 Å². The van der Waals surface area contributed by atoms with Gasteiger partial charge in [0.05, 0.1) is 4.90 Å². The minimum absolute atomic E-state index is 0.149. The SMILES string of the molecule is CC(Nc1ccc(S(=O)(=O)NC2CC2)cc1)C1CCC1. The fourth-order valence-corrected chi connectivity index (χ4v) is 3.84. The summed E-state index contributed by atoms with van der Waals surface area (Å²) in [7, 11) is -3.33. The molecule has 2 aliphatic rings. The maximum absolute atomic E-state index is 12.0. The molecule has 1 atom stereocenters. The van der Waals surface area contributed by atoms with E-state index in [9.17, 15) is 8.42 Å². The van der Waals surface area contributed by atoms with Crippen LogP contribution in [0.3, 0.4) is 0 Å². The van der Waals surface area contributed by atoms with E-state index < -0.39 is 10.0 Å². The first-order valence-corrected chi connectivity index (χ1v) is 8.92. The fraction of sp³-hybridized carbons (Fsp3) is 0.600. The predicted molar refractivity (Wildman–Crippen MR) is 80.2 cm³/mol. The first kappa shape index (κ1) is 13.9. The molecule has 0 saturated heterocycles. The monoisotopic (exact) mass is 294 g/mol. The number of hydrogen-bond acceptors (Lipinski definition) is 3. The van der Waals surface area contributed by atoms with Crippen molar-refractivity contribution in [1.82, 2.24) is 4.72 Å². The van der Waals surface area contributed by atoms with Crippen LogP contribution in [0, 0.1) is 5.92 Å². The molecule has 1 aromatic rings. The lowest BCUT2D eigenvalue weighted by Crippen LogP contribution is -2.30. The molecule has 2 fully saturated rings. The smallest absolute Gasteiger partial charge is 0.240 e. The van der Waals surface area contributed by atoms with E-state index in [1.165, 1.54) is 19.3 Å². The summed E-state index contributed by atoms with van der Waals surface area (Å²) in [5, 5.41) is 3.46. The molecule has 2 saturated carbocycles. The van der Waals surface area contributed by atoms with E-state index in [-0.39, 0.29) is 6.04 Å². The molecule has 20 heavy (non-hydrogen) atoms. The van der Waals surface area contributed by atoms with Crippen LogP contribution in [0.25, 0.3) is 0 Å². The van der Waals surface area contributed by atoms with Crippen LogP contribution in [0.2, 0.25) is 0 Å². The Morgan fingerprint density at radius 3 is 2.25 bits per heavy atom. The topological polar surface area (TPSA) is 58.2 Å². The third-order valence-corrected chi connectivity index (χ3v) is 5.85. The number of anilines is 1. The number of sulfonamides is 1. The summed E-state index contributed by atoms with van der Waals surface area (Å²) in [5.41, 5.74) is 0.995. The van der Waals surface area contributed by atoms with Crippen molar-refractivity contribution < 1.29 is 8.42 Å². The van der Waals surface area contributed by atoms with Gasteiger partial charge in [0.2, 0.25) is 10.0 Å². The van der Waals surface area contributed by atoms with Gasteiger partial charge in [0.25, 0.3) is 0 Å². The molecule has 0 bridgehead atoms. The summed E-state index contributed by atoms with van der Waals surface area (Å²) in [6, 6.07) is 7.68. The Labute approximate surface area is 121 Å². The lowest BCUT2D eigenvalue weighted by Gasteiger charge is -2.32. The summed E-state index contributed by atoms with van der Waals surface area (Å²) >= 11 is 0. The van der Waals surface area contributed by atoms with Gasteiger partial charge in [0, 0.05) is 17.8 Å². The van der Waals surface area contributed by atoms with Gasteiger partial charge in [-0.25, -0.2) is 13.1 Å². The van der Waals surface area contributed by atoms with Crippen LogP contribution in [0.5, 0.6) is 0 Å². The molecule has 3 rings (SSSR count). The predicted octanol–water partition coefficient (Wildman–Crippen LogP) is 2.73. The quantitative estimate of drug-likeness (QED) is 0.848. The van der Waals surface area contributed by atoms with Gasteiger partial charge >= 0.3 is 0 Å². The largest absolute Gasteiger partial charge is 0.382 e. The fourth-order valence-electron chi connectivity index (χ4n) is 2.54. The van der Waals surface area contributed by atoms with Crippen molar-refractivity contribution in [3.63, 3.8) is 0 Å². The van der Waals surface area contributed by atoms with Crippen LogP contribution >= 0.6 is 0 Å². The molecule has 0 aliphatic heterocycles. The normalized spacial score (nSPS) is 21.2. The Balaban J connectivity index is 1.64. The lowest BCUT2D eigenvalue weighted by molar-refractivity contribution is 0.285. The zero-order valence-corrected chi connectivity index (χ0v) is 12.6. The van der Waals surface area contributed by atoms with E-state index in [1.54, 1.807) is 12.1 Å². The van der Waals surface area contributed by atoms with Crippen LogP contribution in [-0.4, -0.2) is 20.5 Å². The van der Waals surface area contributed by atoms with E-state index in [0.29, 0.717) is 10.9 Å². The van der Waals surface area contributed by atoms with E-state index in [4.69, 9.17) is 0 Å². The van der Waals surface area contributed by atoms with Gasteiger partial charge in [-0.15, -0.1) is 0 Å². The molecule has 1 aromatic carbocycles. The first-order chi connectivity index (χ1) is 9.54. The van der Waals surface area contributed by atoms with E-state index in [2.05, 4.69) is 17.0 Å². The molecule has 0 radical (unpaired) electrons. The van der Waals surface area contributed by atoms with Gasteiger partial charge in [0.15, 0.2) is 0 Å². The average Bonchev–Trinajstić information content (AvgIpc) is 3.10. The molecular formula is C15H22N2O2S. The Morgan fingerprint density at radius 1 is 1.10 bits per heavy atom. The minimum atomic E-state index is -3.33. The highest BCUT2D eigenvalue weighted by atomic mass is 32.2. The minimum Gasteiger partial charge on any atom is -0.382 e. The number of rotatable bonds is 6. The van der Waals surface area contributed by atoms with Gasteiger partial charge < -0.3 is 5.32 Å². The highest BCUT2D eigenvalue weighted by molar-refractivity contribution is 7.89. The zero-order valence-electron chi connectivity index (χ0n) is 11.8. The molecule has 2 N–H and O–H groups in total. The second-order valence-electron chi connectivity index (χ2n) is 6.04. The maximum Gasteiger partial charge on any atom is 0.240 e. The summed E-state index contributed by atoms with van der Waals surface area (Å²) in [5.74, 6) is 0.759. The Kier molecular flexibility index (Phi) is 3.73. The van der Waals surface area contributed by atoms with Crippen molar-refractivity contribution in [1.29, 1.82) is 0 Å². The summed E-state index contributed by atoms with van der Waals surface area (Å²) < 4.78 is 26.8. The van der Waals surface area contributed by atoms with Crippen LogP contribution in [0.1, 0.15) is 39.0 Å². The molecule has 0 aromatic heterocycles. The van der Waals surface area contributed by atoms with E-state index in [0.717, 1.165) is 24.4 Å². The van der Waals surface area contributed by atoms with Crippen molar-refractivity contribution in [2.75, 3.05) is 5.32 Å². The van der Waals surface area contributed by atoms with Crippen molar-refractivity contribution >= 4 is 15.7 Å². The highest BCUT2D eigenvalue weighted by Crippen LogP contribution is 2.31. The standard InChI is InChI=1S/C15H22N2O2S/c1-11(12-3-2-4-12)16-13-7-9-15(10-8-13)20(18,19)17-14-5-6-14/h7-12,14,16-17H,2-6H2,1H3. The van der Waals surface area contributed by atoms with Crippen LogP contribution in [0.4, 0.5) is 5.69 Å². The second-order valence-corrected chi connectivity index (χ2v) is 7.76. The average molecular weight is 294 g/mol. The van der Waals surface area contributed by atoms with Gasteiger partial charge in [-0.2, -0.15) is 0 Å². The summed E-state index contributed by atoms with van der Waals surface area (Å²) in [6.45, 7) is 2.20. The lowest BCUT2D eigenvalue weighted by atomic mass is 9.80. The highest BCUT2D eigenvalue weighted by Gasteiger charge is 2.28. The number of nitrogens with one attached hydrogen (secondary N) is 2. The van der Waals surface area contributed by atoms with Crippen molar-refractivity contribution in [2.45, 2.75) is 56.0 Å². The van der Waals surface area contributed by atoms with Gasteiger partial charge in [0.1, 0.15) is 0 Å². The zero-order chi connectivity index (χ0) is 14.2. The molecule has 2 aliphatic carbocycles. The molecule has 0 spiro atoms.